The van der Waals surface area contributed by atoms with Crippen molar-refractivity contribution in [1.29, 1.82) is 0 Å². The van der Waals surface area contributed by atoms with Crippen molar-refractivity contribution in [2.24, 2.45) is 0 Å². The second kappa shape index (κ2) is 7.38. The fraction of sp³-hybridized carbons (Fsp3) is 0.353. The third-order valence-corrected chi connectivity index (χ3v) is 5.80. The highest BCUT2D eigenvalue weighted by atomic mass is 32.2. The van der Waals surface area contributed by atoms with Gasteiger partial charge in [0.25, 0.3) is 15.9 Å². The summed E-state index contributed by atoms with van der Waals surface area (Å²) < 4.78 is 36.7. The molecule has 2 aromatic rings. The smallest absolute Gasteiger partial charge is 0.291 e. The third kappa shape index (κ3) is 3.76. The van der Waals surface area contributed by atoms with Crippen molar-refractivity contribution in [2.45, 2.75) is 24.5 Å². The van der Waals surface area contributed by atoms with Gasteiger partial charge in [-0.25, -0.2) is 8.42 Å². The molecule has 1 fully saturated rings. The highest BCUT2D eigenvalue weighted by Gasteiger charge is 2.30. The van der Waals surface area contributed by atoms with Crippen LogP contribution in [0.2, 0.25) is 0 Å². The van der Waals surface area contributed by atoms with Crippen LogP contribution in [-0.4, -0.2) is 38.8 Å². The number of carbonyl (C=O) groups excluding carboxylic acids is 1. The Hall–Kier alpha value is -2.16. The maximum atomic E-state index is 12.5. The van der Waals surface area contributed by atoms with Crippen molar-refractivity contribution < 1.29 is 22.4 Å². The van der Waals surface area contributed by atoms with Crippen molar-refractivity contribution in [1.82, 2.24) is 4.31 Å². The van der Waals surface area contributed by atoms with Crippen LogP contribution in [0.5, 0.6) is 0 Å². The van der Waals surface area contributed by atoms with Gasteiger partial charge in [0.1, 0.15) is 0 Å². The second-order valence-electron chi connectivity index (χ2n) is 5.77. The van der Waals surface area contributed by atoms with Gasteiger partial charge in [0, 0.05) is 31.5 Å². The number of carbonyl (C=O) groups is 1. The number of rotatable bonds is 6. The minimum absolute atomic E-state index is 0.0509. The first kappa shape index (κ1) is 17.7. The molecule has 0 bridgehead atoms. The number of ether oxygens (including phenoxy) is 1. The Bertz CT molecular complexity index is 853. The lowest BCUT2D eigenvalue weighted by molar-refractivity contribution is 0.0991. The average molecular weight is 364 g/mol. The van der Waals surface area contributed by atoms with Gasteiger partial charge in [-0.1, -0.05) is 18.2 Å². The molecule has 0 spiro atoms. The van der Waals surface area contributed by atoms with E-state index in [1.165, 1.54) is 16.4 Å². The number of hydrogen-bond donors (Lipinski definition) is 1. The molecule has 134 valence electrons. The lowest BCUT2D eigenvalue weighted by atomic mass is 10.2. The number of furan rings is 1. The molecule has 3 rings (SSSR count). The Kier molecular flexibility index (Phi) is 5.22. The van der Waals surface area contributed by atoms with Crippen LogP contribution < -0.4 is 5.32 Å². The predicted molar refractivity (Wildman–Crippen MR) is 91.8 cm³/mol. The molecule has 8 heteroatoms. The summed E-state index contributed by atoms with van der Waals surface area (Å²) in [5.41, 5.74) is 1.41. The quantitative estimate of drug-likeness (QED) is 0.850. The standard InChI is InChI=1S/C17H20N2O5S/c1-23-12-13-6-2-3-7-14(13)18-17(20)15-8-9-16(24-15)25(21,22)19-10-4-5-11-19/h2-3,6-9H,4-5,10-12H2,1H3,(H,18,20). The second-order valence-corrected chi connectivity index (χ2v) is 7.64. The number of nitrogens with zero attached hydrogens (tertiary/aromatic N) is 1. The van der Waals surface area contributed by atoms with Gasteiger partial charge < -0.3 is 14.5 Å². The molecule has 0 atom stereocenters. The Morgan fingerprint density at radius 2 is 1.92 bits per heavy atom. The SMILES string of the molecule is COCc1ccccc1NC(=O)c1ccc(S(=O)(=O)N2CCCC2)o1. The fourth-order valence-corrected chi connectivity index (χ4v) is 4.17. The molecule has 0 radical (unpaired) electrons. The molecule has 1 N–H and O–H groups in total. The first-order valence-corrected chi connectivity index (χ1v) is 9.44. The maximum absolute atomic E-state index is 12.5. The first-order chi connectivity index (χ1) is 12.0. The van der Waals surface area contributed by atoms with Crippen LogP contribution in [0.1, 0.15) is 29.0 Å². The number of methoxy groups -OCH3 is 1. The van der Waals surface area contributed by atoms with Crippen LogP contribution in [0.3, 0.4) is 0 Å². The van der Waals surface area contributed by atoms with Crippen molar-refractivity contribution in [3.63, 3.8) is 0 Å². The molecule has 7 nitrogen and oxygen atoms in total. The Morgan fingerprint density at radius 3 is 2.64 bits per heavy atom. The van der Waals surface area contributed by atoms with E-state index in [0.29, 0.717) is 25.4 Å². The molecule has 25 heavy (non-hydrogen) atoms. The first-order valence-electron chi connectivity index (χ1n) is 8.00. The summed E-state index contributed by atoms with van der Waals surface area (Å²) in [5.74, 6) is -0.559. The van der Waals surface area contributed by atoms with E-state index >= 15 is 0 Å². The number of amides is 1. The van der Waals surface area contributed by atoms with Gasteiger partial charge in [-0.15, -0.1) is 0 Å². The Morgan fingerprint density at radius 1 is 1.20 bits per heavy atom. The minimum atomic E-state index is -3.67. The summed E-state index contributed by atoms with van der Waals surface area (Å²) in [6.07, 6.45) is 1.67. The van der Waals surface area contributed by atoms with Crippen molar-refractivity contribution in [3.8, 4) is 0 Å². The summed E-state index contributed by atoms with van der Waals surface area (Å²) in [6.45, 7) is 1.31. The van der Waals surface area contributed by atoms with Crippen LogP contribution in [0.4, 0.5) is 5.69 Å². The van der Waals surface area contributed by atoms with E-state index in [1.807, 2.05) is 12.1 Å². The van der Waals surface area contributed by atoms with E-state index in [1.54, 1.807) is 19.2 Å². The molecule has 1 saturated heterocycles. The maximum Gasteiger partial charge on any atom is 0.291 e. The van der Waals surface area contributed by atoms with Gasteiger partial charge in [0.15, 0.2) is 5.76 Å². The van der Waals surface area contributed by atoms with E-state index < -0.39 is 15.9 Å². The monoisotopic (exact) mass is 364 g/mol. The van der Waals surface area contributed by atoms with E-state index in [4.69, 9.17) is 9.15 Å². The van der Waals surface area contributed by atoms with Crippen molar-refractivity contribution >= 4 is 21.6 Å². The largest absolute Gasteiger partial charge is 0.438 e. The number of para-hydroxylation sites is 1. The molecule has 1 aliphatic heterocycles. The van der Waals surface area contributed by atoms with Crippen LogP contribution >= 0.6 is 0 Å². The molecule has 2 heterocycles. The molecule has 0 unspecified atom stereocenters. The number of nitrogens with one attached hydrogen (secondary N) is 1. The lowest BCUT2D eigenvalue weighted by Crippen LogP contribution is -2.27. The minimum Gasteiger partial charge on any atom is -0.438 e. The number of sulfonamides is 1. The predicted octanol–water partition coefficient (Wildman–Crippen LogP) is 2.46. The van der Waals surface area contributed by atoms with Gasteiger partial charge in [-0.2, -0.15) is 4.31 Å². The molecule has 1 aliphatic rings. The zero-order chi connectivity index (χ0) is 17.9. The highest BCUT2D eigenvalue weighted by Crippen LogP contribution is 2.23. The van der Waals surface area contributed by atoms with Gasteiger partial charge in [0.05, 0.1) is 6.61 Å². The van der Waals surface area contributed by atoms with E-state index in [0.717, 1.165) is 18.4 Å². The van der Waals surface area contributed by atoms with Crippen LogP contribution in [0.15, 0.2) is 45.9 Å². The van der Waals surface area contributed by atoms with Crippen LogP contribution in [0, 0.1) is 0 Å². The molecular formula is C17H20N2O5S. The molecule has 1 aromatic heterocycles. The van der Waals surface area contributed by atoms with Gasteiger partial charge >= 0.3 is 0 Å². The highest BCUT2D eigenvalue weighted by molar-refractivity contribution is 7.89. The third-order valence-electron chi connectivity index (χ3n) is 4.03. The Labute approximate surface area is 146 Å². The van der Waals surface area contributed by atoms with Crippen LogP contribution in [-0.2, 0) is 21.4 Å². The summed E-state index contributed by atoms with van der Waals surface area (Å²) >= 11 is 0. The molecule has 0 aliphatic carbocycles. The van der Waals surface area contributed by atoms with Gasteiger partial charge in [0.2, 0.25) is 5.09 Å². The van der Waals surface area contributed by atoms with Crippen LogP contribution in [0.25, 0.3) is 0 Å². The summed E-state index contributed by atoms with van der Waals surface area (Å²) in [6, 6.07) is 9.92. The van der Waals surface area contributed by atoms with Gasteiger partial charge in [-0.05, 0) is 31.0 Å². The number of anilines is 1. The van der Waals surface area contributed by atoms with Crippen molar-refractivity contribution in [3.05, 3.63) is 47.7 Å². The fourth-order valence-electron chi connectivity index (χ4n) is 2.74. The molecular weight excluding hydrogens is 344 g/mol. The zero-order valence-electron chi connectivity index (χ0n) is 13.9. The lowest BCUT2D eigenvalue weighted by Gasteiger charge is -2.12. The zero-order valence-corrected chi connectivity index (χ0v) is 14.7. The average Bonchev–Trinajstić information content (AvgIpc) is 3.29. The van der Waals surface area contributed by atoms with Crippen molar-refractivity contribution in [2.75, 3.05) is 25.5 Å². The van der Waals surface area contributed by atoms with E-state index in [-0.39, 0.29) is 10.9 Å². The summed E-state index contributed by atoms with van der Waals surface area (Å²) in [5, 5.41) is 2.52. The number of benzene rings is 1. The Balaban J connectivity index is 1.77. The topological polar surface area (TPSA) is 88.8 Å². The van der Waals surface area contributed by atoms with Gasteiger partial charge in [-0.3, -0.25) is 4.79 Å². The van der Waals surface area contributed by atoms with E-state index in [9.17, 15) is 13.2 Å². The summed E-state index contributed by atoms with van der Waals surface area (Å²) in [4.78, 5) is 12.4. The normalized spacial score (nSPS) is 15.4. The molecule has 1 amide bonds. The number of hydrogen-bond acceptors (Lipinski definition) is 5. The molecule has 0 saturated carbocycles. The molecule has 1 aromatic carbocycles. The van der Waals surface area contributed by atoms with E-state index in [2.05, 4.69) is 5.32 Å². The summed E-state index contributed by atoms with van der Waals surface area (Å²) in [7, 11) is -2.10.